The smallest absolute Gasteiger partial charge is 0.293 e. The normalized spacial score (nSPS) is 23.4. The predicted octanol–water partition coefficient (Wildman–Crippen LogP) is 1.90. The van der Waals surface area contributed by atoms with Gasteiger partial charge in [-0.2, -0.15) is 4.31 Å². The molecular formula is C13H19N3O4S. The number of aryl methyl sites for hydroxylation is 1. The molecule has 0 aliphatic carbocycles. The molecule has 1 fully saturated rings. The highest BCUT2D eigenvalue weighted by Gasteiger charge is 2.37. The van der Waals surface area contributed by atoms with E-state index < -0.39 is 14.9 Å². The molecule has 0 spiro atoms. The van der Waals surface area contributed by atoms with Crippen LogP contribution in [0.1, 0.15) is 25.8 Å². The zero-order valence-electron chi connectivity index (χ0n) is 12.2. The number of rotatable bonds is 3. The number of nitrogens with zero attached hydrogens (tertiary/aromatic N) is 2. The Bertz CT molecular complexity index is 687. The van der Waals surface area contributed by atoms with E-state index in [-0.39, 0.29) is 28.2 Å². The number of nitrogens with two attached hydrogens (primary N) is 1. The molecule has 0 bridgehead atoms. The fourth-order valence-corrected chi connectivity index (χ4v) is 4.85. The minimum atomic E-state index is -3.75. The van der Waals surface area contributed by atoms with Gasteiger partial charge in [0.25, 0.3) is 5.69 Å². The minimum Gasteiger partial charge on any atom is -0.393 e. The van der Waals surface area contributed by atoms with Gasteiger partial charge in [-0.05, 0) is 37.8 Å². The van der Waals surface area contributed by atoms with Crippen molar-refractivity contribution in [2.24, 2.45) is 5.92 Å². The summed E-state index contributed by atoms with van der Waals surface area (Å²) >= 11 is 0. The minimum absolute atomic E-state index is 0.0284. The van der Waals surface area contributed by atoms with Crippen LogP contribution in [0.2, 0.25) is 0 Å². The van der Waals surface area contributed by atoms with E-state index in [0.717, 1.165) is 12.5 Å². The third-order valence-corrected chi connectivity index (χ3v) is 5.96. The van der Waals surface area contributed by atoms with Crippen molar-refractivity contribution in [2.75, 3.05) is 12.3 Å². The monoisotopic (exact) mass is 313 g/mol. The van der Waals surface area contributed by atoms with E-state index in [1.54, 1.807) is 6.92 Å². The molecule has 1 aliphatic heterocycles. The highest BCUT2D eigenvalue weighted by Crippen LogP contribution is 2.34. The molecule has 0 amide bonds. The van der Waals surface area contributed by atoms with Crippen LogP contribution in [-0.4, -0.2) is 30.2 Å². The van der Waals surface area contributed by atoms with Crippen LogP contribution in [0.25, 0.3) is 0 Å². The lowest BCUT2D eigenvalue weighted by Gasteiger charge is -2.22. The molecule has 2 atom stereocenters. The number of nitro groups is 1. The molecule has 0 saturated carbocycles. The number of sulfonamides is 1. The van der Waals surface area contributed by atoms with Crippen molar-refractivity contribution < 1.29 is 13.3 Å². The van der Waals surface area contributed by atoms with Gasteiger partial charge in [0.1, 0.15) is 5.69 Å². The van der Waals surface area contributed by atoms with Crippen LogP contribution >= 0.6 is 0 Å². The number of nitrogen functional groups attached to an aromatic ring is 1. The molecule has 0 radical (unpaired) electrons. The first kappa shape index (κ1) is 15.7. The van der Waals surface area contributed by atoms with Gasteiger partial charge in [0.2, 0.25) is 10.0 Å². The quantitative estimate of drug-likeness (QED) is 0.521. The largest absolute Gasteiger partial charge is 0.393 e. The lowest BCUT2D eigenvalue weighted by atomic mass is 10.1. The summed E-state index contributed by atoms with van der Waals surface area (Å²) in [5.74, 6) is 0.277. The molecule has 2 N–H and O–H groups in total. The Kier molecular flexibility index (Phi) is 3.94. The van der Waals surface area contributed by atoms with Crippen LogP contribution in [0.4, 0.5) is 11.4 Å². The maximum absolute atomic E-state index is 12.8. The second-order valence-electron chi connectivity index (χ2n) is 5.70. The second-order valence-corrected chi connectivity index (χ2v) is 7.56. The Morgan fingerprint density at radius 3 is 2.48 bits per heavy atom. The lowest BCUT2D eigenvalue weighted by Crippen LogP contribution is -2.34. The van der Waals surface area contributed by atoms with Crippen LogP contribution < -0.4 is 5.73 Å². The molecule has 0 aromatic heterocycles. The van der Waals surface area contributed by atoms with E-state index in [4.69, 9.17) is 5.73 Å². The molecule has 21 heavy (non-hydrogen) atoms. The number of nitro benzene ring substituents is 1. The summed E-state index contributed by atoms with van der Waals surface area (Å²) < 4.78 is 26.9. The maximum Gasteiger partial charge on any atom is 0.293 e. The van der Waals surface area contributed by atoms with Crippen molar-refractivity contribution >= 4 is 21.4 Å². The molecule has 116 valence electrons. The summed E-state index contributed by atoms with van der Waals surface area (Å²) in [5.41, 5.74) is 5.60. The second kappa shape index (κ2) is 5.27. The summed E-state index contributed by atoms with van der Waals surface area (Å²) in [4.78, 5) is 10.3. The van der Waals surface area contributed by atoms with Crippen LogP contribution in [0.3, 0.4) is 0 Å². The molecular weight excluding hydrogens is 294 g/mol. The van der Waals surface area contributed by atoms with Gasteiger partial charge in [-0.15, -0.1) is 0 Å². The first-order valence-electron chi connectivity index (χ1n) is 6.71. The summed E-state index contributed by atoms with van der Waals surface area (Å²) in [6, 6.07) is 2.30. The summed E-state index contributed by atoms with van der Waals surface area (Å²) in [5, 5.41) is 11.0. The molecule has 8 heteroatoms. The highest BCUT2D eigenvalue weighted by atomic mass is 32.2. The third kappa shape index (κ3) is 2.73. The first-order valence-corrected chi connectivity index (χ1v) is 8.15. The maximum atomic E-state index is 12.8. The van der Waals surface area contributed by atoms with Crippen LogP contribution in [0.15, 0.2) is 17.0 Å². The SMILES string of the molecule is Cc1cc(N)c([N+](=O)[O-])cc1S(=O)(=O)N1CC(C)CC1C. The molecule has 2 rings (SSSR count). The van der Waals surface area contributed by atoms with Crippen molar-refractivity contribution in [3.05, 3.63) is 27.8 Å². The molecule has 7 nitrogen and oxygen atoms in total. The molecule has 1 aromatic carbocycles. The molecule has 1 saturated heterocycles. The van der Waals surface area contributed by atoms with Crippen LogP contribution in [-0.2, 0) is 10.0 Å². The Balaban J connectivity index is 2.55. The molecule has 2 unspecified atom stereocenters. The predicted molar refractivity (Wildman–Crippen MR) is 79.4 cm³/mol. The van der Waals surface area contributed by atoms with E-state index in [0.29, 0.717) is 12.1 Å². The fraction of sp³-hybridized carbons (Fsp3) is 0.538. The van der Waals surface area contributed by atoms with E-state index >= 15 is 0 Å². The molecule has 1 aromatic rings. The van der Waals surface area contributed by atoms with Crippen molar-refractivity contribution in [1.82, 2.24) is 4.31 Å². The van der Waals surface area contributed by atoms with E-state index in [2.05, 4.69) is 0 Å². The number of benzene rings is 1. The van der Waals surface area contributed by atoms with Crippen molar-refractivity contribution in [2.45, 2.75) is 38.1 Å². The van der Waals surface area contributed by atoms with Gasteiger partial charge in [-0.25, -0.2) is 8.42 Å². The van der Waals surface area contributed by atoms with Gasteiger partial charge in [0.05, 0.1) is 9.82 Å². The van der Waals surface area contributed by atoms with Crippen molar-refractivity contribution in [3.8, 4) is 0 Å². The fourth-order valence-electron chi connectivity index (χ4n) is 2.86. The van der Waals surface area contributed by atoms with Gasteiger partial charge in [-0.1, -0.05) is 6.92 Å². The topological polar surface area (TPSA) is 107 Å². The van der Waals surface area contributed by atoms with Gasteiger partial charge in [0, 0.05) is 18.7 Å². The lowest BCUT2D eigenvalue weighted by molar-refractivity contribution is -0.384. The van der Waals surface area contributed by atoms with Crippen molar-refractivity contribution in [1.29, 1.82) is 0 Å². The van der Waals surface area contributed by atoms with Gasteiger partial charge >= 0.3 is 0 Å². The number of hydrogen-bond donors (Lipinski definition) is 1. The Hall–Kier alpha value is -1.67. The van der Waals surface area contributed by atoms with Gasteiger partial charge < -0.3 is 5.73 Å². The summed E-state index contributed by atoms with van der Waals surface area (Å²) in [6.45, 7) is 5.87. The van der Waals surface area contributed by atoms with Gasteiger partial charge in [0.15, 0.2) is 0 Å². The average molecular weight is 313 g/mol. The standard InChI is InChI=1S/C13H19N3O4S/c1-8-4-10(3)15(7-8)21(19,20)13-6-12(16(17)18)11(14)5-9(13)2/h5-6,8,10H,4,7,14H2,1-3H3. The zero-order chi connectivity index (χ0) is 15.9. The number of anilines is 1. The van der Waals surface area contributed by atoms with E-state index in [1.807, 2.05) is 13.8 Å². The summed E-state index contributed by atoms with van der Waals surface area (Å²) in [6.07, 6.45) is 0.787. The molecule has 1 heterocycles. The van der Waals surface area contributed by atoms with E-state index in [9.17, 15) is 18.5 Å². The van der Waals surface area contributed by atoms with Crippen molar-refractivity contribution in [3.63, 3.8) is 0 Å². The average Bonchev–Trinajstić information content (AvgIpc) is 2.68. The third-order valence-electron chi connectivity index (χ3n) is 3.83. The zero-order valence-corrected chi connectivity index (χ0v) is 13.1. The first-order chi connectivity index (χ1) is 9.64. The van der Waals surface area contributed by atoms with Crippen LogP contribution in [0, 0.1) is 23.0 Å². The van der Waals surface area contributed by atoms with E-state index in [1.165, 1.54) is 10.4 Å². The molecule has 1 aliphatic rings. The highest BCUT2D eigenvalue weighted by molar-refractivity contribution is 7.89. The number of hydrogen-bond acceptors (Lipinski definition) is 5. The van der Waals surface area contributed by atoms with Gasteiger partial charge in [-0.3, -0.25) is 10.1 Å². The Morgan fingerprint density at radius 1 is 1.38 bits per heavy atom. The summed E-state index contributed by atoms with van der Waals surface area (Å²) in [7, 11) is -3.75. The van der Waals surface area contributed by atoms with Crippen LogP contribution in [0.5, 0.6) is 0 Å². The Morgan fingerprint density at radius 2 is 2.00 bits per heavy atom. The Labute approximate surface area is 123 Å².